The first kappa shape index (κ1) is 44.1. The number of hydrogen-bond donors (Lipinski definition) is 0. The summed E-state index contributed by atoms with van der Waals surface area (Å²) in [7, 11) is -2.75. The van der Waals surface area contributed by atoms with Crippen LogP contribution in [-0.2, 0) is 22.4 Å². The van der Waals surface area contributed by atoms with Gasteiger partial charge in [-0.1, -0.05) is 243 Å². The van der Waals surface area contributed by atoms with Crippen LogP contribution in [0.2, 0.25) is 0 Å². The van der Waals surface area contributed by atoms with Gasteiger partial charge in [0.2, 0.25) is 0 Å². The molecule has 0 amide bonds. The Balaban J connectivity index is 0.000000329. The first-order chi connectivity index (χ1) is 33.2. The maximum absolute atomic E-state index is 5.35. The van der Waals surface area contributed by atoms with Gasteiger partial charge in [-0.3, -0.25) is 0 Å². The normalized spacial score (nSPS) is 12.3. The van der Waals surface area contributed by atoms with E-state index >= 15 is 0 Å². The number of fused-ring (bicyclic) bond motifs is 3. The summed E-state index contributed by atoms with van der Waals surface area (Å²) in [4.78, 5) is 6.76. The molecular weight excluding hydrogens is 1030 g/mol. The Kier molecular flexibility index (Phi) is 13.0. The second-order valence-electron chi connectivity index (χ2n) is 16.7. The van der Waals surface area contributed by atoms with Crippen molar-refractivity contribution >= 4 is 67.8 Å². The molecule has 4 nitrogen and oxygen atoms in total. The molecule has 6 heteroatoms. The van der Waals surface area contributed by atoms with Crippen molar-refractivity contribution < 1.29 is 22.4 Å². The number of hydrazone groups is 1. The van der Waals surface area contributed by atoms with E-state index in [1.807, 2.05) is 17.1 Å². The topological polar surface area (TPSA) is 32.9 Å². The summed E-state index contributed by atoms with van der Waals surface area (Å²) in [5.41, 5.74) is 9.87. The van der Waals surface area contributed by atoms with Crippen molar-refractivity contribution in [3.63, 3.8) is 0 Å². The number of para-hydroxylation sites is 2. The van der Waals surface area contributed by atoms with Crippen molar-refractivity contribution in [1.29, 1.82) is 0 Å². The van der Waals surface area contributed by atoms with Gasteiger partial charge < -0.3 is 14.9 Å². The minimum atomic E-state index is -2.75. The zero-order valence-corrected chi connectivity index (χ0v) is 40.3. The molecular formula is C62H46AuN4Si-2. The maximum atomic E-state index is 5.35. The molecule has 12 rings (SSSR count). The predicted molar refractivity (Wildman–Crippen MR) is 284 cm³/mol. The van der Waals surface area contributed by atoms with Crippen LogP contribution >= 0.6 is 0 Å². The van der Waals surface area contributed by atoms with E-state index in [-0.39, 0.29) is 22.4 Å². The van der Waals surface area contributed by atoms with Crippen molar-refractivity contribution in [2.45, 2.75) is 0 Å². The molecule has 1 radical (unpaired) electrons. The number of aromatic nitrogens is 1. The molecule has 0 saturated carbocycles. The van der Waals surface area contributed by atoms with E-state index < -0.39 is 8.07 Å². The number of amidine groups is 1. The molecule has 0 spiro atoms. The van der Waals surface area contributed by atoms with Gasteiger partial charge in [0, 0.05) is 39.3 Å². The largest absolute Gasteiger partial charge is 0.657 e. The molecule has 1 aliphatic rings. The van der Waals surface area contributed by atoms with Crippen LogP contribution in [0, 0.1) is 6.67 Å². The average Bonchev–Trinajstić information content (AvgIpc) is 4.04. The second kappa shape index (κ2) is 20.0. The third-order valence-corrected chi connectivity index (χ3v) is 17.4. The van der Waals surface area contributed by atoms with E-state index in [2.05, 4.69) is 277 Å². The molecule has 0 fully saturated rings. The molecule has 11 aromatic rings. The van der Waals surface area contributed by atoms with Crippen LogP contribution in [0.1, 0.15) is 5.56 Å². The fraction of sp³-hybridized carbons (Fsp3) is 0. The minimum Gasteiger partial charge on any atom is -0.657 e. The summed E-state index contributed by atoms with van der Waals surface area (Å²) in [6, 6.07) is 97.3. The Morgan fingerprint density at radius 2 is 0.735 bits per heavy atom. The quantitative estimate of drug-likeness (QED) is 0.0820. The van der Waals surface area contributed by atoms with Crippen LogP contribution in [-0.4, -0.2) is 13.9 Å². The average molecular weight is 1070 g/mol. The molecule has 2 heterocycles. The number of anilines is 2. The molecule has 0 atom stereocenters. The van der Waals surface area contributed by atoms with Gasteiger partial charge in [-0.25, -0.2) is 0 Å². The van der Waals surface area contributed by atoms with Gasteiger partial charge in [-0.15, -0.1) is 17.7 Å². The van der Waals surface area contributed by atoms with E-state index in [0.29, 0.717) is 0 Å². The zero-order chi connectivity index (χ0) is 44.8. The van der Waals surface area contributed by atoms with Crippen molar-refractivity contribution in [1.82, 2.24) is 4.98 Å². The molecule has 0 saturated heterocycles. The third-order valence-electron chi connectivity index (χ3n) is 12.6. The molecule has 0 aliphatic carbocycles. The van der Waals surface area contributed by atoms with Gasteiger partial charge in [0.05, 0.1) is 0 Å². The van der Waals surface area contributed by atoms with Gasteiger partial charge >= 0.3 is 0 Å². The van der Waals surface area contributed by atoms with Crippen molar-refractivity contribution in [2.75, 3.05) is 9.91 Å². The minimum absolute atomic E-state index is 0. The second-order valence-corrected chi connectivity index (χ2v) is 20.5. The Morgan fingerprint density at radius 1 is 0.338 bits per heavy atom. The number of hydrogen-bond acceptors (Lipinski definition) is 3. The van der Waals surface area contributed by atoms with Crippen LogP contribution in [0.3, 0.4) is 0 Å². The molecule has 1 aromatic heterocycles. The third kappa shape index (κ3) is 8.68. The van der Waals surface area contributed by atoms with Crippen molar-refractivity contribution in [2.24, 2.45) is 5.10 Å². The summed E-state index contributed by atoms with van der Waals surface area (Å²) >= 11 is 0. The van der Waals surface area contributed by atoms with Crippen molar-refractivity contribution in [3.8, 4) is 22.3 Å². The van der Waals surface area contributed by atoms with Crippen LogP contribution in [0.5, 0.6) is 0 Å². The van der Waals surface area contributed by atoms with E-state index in [9.17, 15) is 0 Å². The Morgan fingerprint density at radius 3 is 1.21 bits per heavy atom. The number of benzene rings is 10. The van der Waals surface area contributed by atoms with E-state index in [0.717, 1.165) is 56.1 Å². The Labute approximate surface area is 415 Å². The van der Waals surface area contributed by atoms with Crippen LogP contribution in [0.25, 0.3) is 44.1 Å². The summed E-state index contributed by atoms with van der Waals surface area (Å²) < 4.78 is 0. The van der Waals surface area contributed by atoms with Crippen molar-refractivity contribution in [3.05, 3.63) is 285 Å². The summed E-state index contributed by atoms with van der Waals surface area (Å²) in [5, 5.41) is 15.2. The summed E-state index contributed by atoms with van der Waals surface area (Å²) in [6.07, 6.45) is 0. The number of rotatable bonds is 9. The van der Waals surface area contributed by atoms with Gasteiger partial charge in [0.1, 0.15) is 5.84 Å². The molecule has 1 aliphatic heterocycles. The molecule has 331 valence electrons. The molecule has 10 aromatic carbocycles. The first-order valence-electron chi connectivity index (χ1n) is 22.7. The van der Waals surface area contributed by atoms with E-state index in [1.54, 1.807) is 0 Å². The SMILES string of the molecule is [Au].c1ccc(C2=NN(c3cc(-c4ccccc4)cc(-c4ccccc4)c3)[CH-]N2c2cccc([Si](c3ccccc3)(c3ccccc3)c3ccccc3)c2)cc1.c1ccc2c(c1)[n-]c1ccccc12. The van der Waals surface area contributed by atoms with Crippen LogP contribution < -0.4 is 35.6 Å². The van der Waals surface area contributed by atoms with E-state index in [1.165, 1.54) is 31.5 Å². The monoisotopic (exact) mass is 1070 g/mol. The van der Waals surface area contributed by atoms with Gasteiger partial charge in [0.15, 0.2) is 8.07 Å². The molecule has 0 unspecified atom stereocenters. The first-order valence-corrected chi connectivity index (χ1v) is 24.7. The molecule has 0 bridgehead atoms. The molecule has 0 N–H and O–H groups in total. The molecule has 68 heavy (non-hydrogen) atoms. The Hall–Kier alpha value is -7.77. The maximum Gasteiger partial charge on any atom is 0.179 e. The van der Waals surface area contributed by atoms with Gasteiger partial charge in [-0.2, -0.15) is 5.10 Å². The summed E-state index contributed by atoms with van der Waals surface area (Å²) in [5.74, 6) is 0.866. The summed E-state index contributed by atoms with van der Waals surface area (Å²) in [6.45, 7) is 2.14. The van der Waals surface area contributed by atoms with Crippen LogP contribution in [0.15, 0.2) is 278 Å². The fourth-order valence-corrected chi connectivity index (χ4v) is 14.2. The number of nitrogens with zero attached hydrogens (tertiary/aromatic N) is 4. The predicted octanol–water partition coefficient (Wildman–Crippen LogP) is 12.2. The standard InChI is InChI=1S/C50H38N3Si.C12H8N.Au/c1-7-20-39(21-8-1)42-34-43(40-22-9-2-10-23-40)36-45(35-42)53-38-52(50(51-53)41-24-11-3-12-25-41)44-26-19-33-49(37-44)54(46-27-13-4-14-28-46,47-29-15-5-16-30-47)48-31-17-6-18-32-48;1-3-7-11-9(5-1)10-6-2-4-8-12(10)13-11;/h1-38H;1-8H;/q2*-1;. The van der Waals surface area contributed by atoms with E-state index in [4.69, 9.17) is 5.10 Å². The van der Waals surface area contributed by atoms with Crippen LogP contribution in [0.4, 0.5) is 11.4 Å². The van der Waals surface area contributed by atoms with Gasteiger partial charge in [0.25, 0.3) is 0 Å². The zero-order valence-electron chi connectivity index (χ0n) is 37.1. The van der Waals surface area contributed by atoms with Gasteiger partial charge in [-0.05, 0) is 84.1 Å². The smallest absolute Gasteiger partial charge is 0.179 e. The Bertz CT molecular complexity index is 3230. The fourth-order valence-electron chi connectivity index (χ4n) is 9.46.